The number of anilines is 1. The molecule has 0 aliphatic carbocycles. The molecule has 0 heterocycles. The second kappa shape index (κ2) is 10.8. The van der Waals surface area contributed by atoms with Gasteiger partial charge >= 0.3 is 5.97 Å². The molecule has 0 aromatic heterocycles. The molecule has 0 aliphatic rings. The van der Waals surface area contributed by atoms with Crippen LogP contribution in [0, 0.1) is 17.0 Å². The Bertz CT molecular complexity index is 949. The van der Waals surface area contributed by atoms with Crippen LogP contribution < -0.4 is 19.5 Å². The van der Waals surface area contributed by atoms with E-state index in [2.05, 4.69) is 5.32 Å². The van der Waals surface area contributed by atoms with Crippen LogP contribution in [0.1, 0.15) is 17.5 Å². The van der Waals surface area contributed by atoms with E-state index in [0.29, 0.717) is 29.2 Å². The van der Waals surface area contributed by atoms with Crippen LogP contribution in [0.25, 0.3) is 0 Å². The smallest absolute Gasteiger partial charge is 0.306 e. The number of hydrogen-bond acceptors (Lipinski definition) is 8. The molecule has 1 N–H and O–H groups in total. The first-order chi connectivity index (χ1) is 14.8. The Labute approximate surface area is 179 Å². The largest absolute Gasteiger partial charge is 0.493 e. The Morgan fingerprint density at radius 2 is 1.68 bits per heavy atom. The summed E-state index contributed by atoms with van der Waals surface area (Å²) < 4.78 is 20.8. The molecule has 0 radical (unpaired) electrons. The zero-order valence-corrected chi connectivity index (χ0v) is 17.7. The lowest BCUT2D eigenvalue weighted by molar-refractivity contribution is -0.385. The minimum absolute atomic E-state index is 0.0297. The Morgan fingerprint density at radius 3 is 2.23 bits per heavy atom. The van der Waals surface area contributed by atoms with Crippen LogP contribution in [0.2, 0.25) is 0 Å². The number of benzene rings is 2. The Hall–Kier alpha value is -3.82. The van der Waals surface area contributed by atoms with Crippen molar-refractivity contribution in [3.63, 3.8) is 0 Å². The lowest BCUT2D eigenvalue weighted by Gasteiger charge is -2.14. The highest BCUT2D eigenvalue weighted by atomic mass is 16.6. The molecule has 1 amide bonds. The van der Waals surface area contributed by atoms with Gasteiger partial charge in [-0.15, -0.1) is 0 Å². The predicted octanol–water partition coefficient (Wildman–Crippen LogP) is 3.04. The van der Waals surface area contributed by atoms with Gasteiger partial charge in [0.05, 0.1) is 26.3 Å². The van der Waals surface area contributed by atoms with Gasteiger partial charge in [-0.3, -0.25) is 19.7 Å². The maximum Gasteiger partial charge on any atom is 0.306 e. The first-order valence-corrected chi connectivity index (χ1v) is 9.28. The molecule has 2 rings (SSSR count). The van der Waals surface area contributed by atoms with Gasteiger partial charge in [-0.1, -0.05) is 6.07 Å². The van der Waals surface area contributed by atoms with Crippen LogP contribution in [0.15, 0.2) is 30.3 Å². The molecule has 0 bridgehead atoms. The first-order valence-electron chi connectivity index (χ1n) is 9.28. The maximum absolute atomic E-state index is 12.0. The number of esters is 1. The molecule has 0 spiro atoms. The normalized spacial score (nSPS) is 10.2. The number of methoxy groups -OCH3 is 3. The lowest BCUT2D eigenvalue weighted by Crippen LogP contribution is -2.21. The molecule has 10 nitrogen and oxygen atoms in total. The quantitative estimate of drug-likeness (QED) is 0.345. The van der Waals surface area contributed by atoms with Gasteiger partial charge in [0.2, 0.25) is 5.75 Å². The lowest BCUT2D eigenvalue weighted by atomic mass is 10.1. The highest BCUT2D eigenvalue weighted by Gasteiger charge is 2.16. The monoisotopic (exact) mass is 432 g/mol. The van der Waals surface area contributed by atoms with E-state index >= 15 is 0 Å². The van der Waals surface area contributed by atoms with Gasteiger partial charge in [-0.05, 0) is 37.1 Å². The number of nitro groups is 1. The standard InChI is InChI=1S/C21H24N2O8/c1-13-5-7-15(11-16(13)23(26)27)22-19(24)12-31-20(25)8-6-14-9-17(28-2)21(30-4)18(10-14)29-3/h5,7,9-11H,6,8,12H2,1-4H3,(H,22,24). The van der Waals surface area contributed by atoms with Crippen LogP contribution >= 0.6 is 0 Å². The zero-order valence-electron chi connectivity index (χ0n) is 17.7. The molecule has 2 aromatic carbocycles. The van der Waals surface area contributed by atoms with Crippen molar-refractivity contribution in [3.05, 3.63) is 51.6 Å². The van der Waals surface area contributed by atoms with Crippen LogP contribution in [0.4, 0.5) is 11.4 Å². The molecular weight excluding hydrogens is 408 g/mol. The Morgan fingerprint density at radius 1 is 1.03 bits per heavy atom. The van der Waals surface area contributed by atoms with Gasteiger partial charge in [0.25, 0.3) is 11.6 Å². The molecule has 0 fully saturated rings. The summed E-state index contributed by atoms with van der Waals surface area (Å²) in [4.78, 5) is 34.5. The highest BCUT2D eigenvalue weighted by Crippen LogP contribution is 2.38. The molecule has 0 saturated heterocycles. The van der Waals surface area contributed by atoms with E-state index in [1.54, 1.807) is 19.1 Å². The molecule has 0 unspecified atom stereocenters. The van der Waals surface area contributed by atoms with Crippen molar-refractivity contribution in [3.8, 4) is 17.2 Å². The molecule has 31 heavy (non-hydrogen) atoms. The Kier molecular flexibility index (Phi) is 8.18. The second-order valence-corrected chi connectivity index (χ2v) is 6.50. The molecule has 166 valence electrons. The number of nitrogens with zero attached hydrogens (tertiary/aromatic N) is 1. The number of ether oxygens (including phenoxy) is 4. The van der Waals surface area contributed by atoms with E-state index in [4.69, 9.17) is 18.9 Å². The molecule has 2 aromatic rings. The predicted molar refractivity (Wildman–Crippen MR) is 112 cm³/mol. The van der Waals surface area contributed by atoms with Gasteiger partial charge < -0.3 is 24.3 Å². The number of nitrogens with one attached hydrogen (secondary N) is 1. The van der Waals surface area contributed by atoms with Crippen molar-refractivity contribution in [2.24, 2.45) is 0 Å². The van der Waals surface area contributed by atoms with Gasteiger partial charge in [0.1, 0.15) is 0 Å². The van der Waals surface area contributed by atoms with E-state index in [1.807, 2.05) is 0 Å². The zero-order chi connectivity index (χ0) is 23.0. The molecule has 0 aliphatic heterocycles. The van der Waals surface area contributed by atoms with E-state index in [-0.39, 0.29) is 17.8 Å². The summed E-state index contributed by atoms with van der Waals surface area (Å²) in [6.07, 6.45) is 0.364. The van der Waals surface area contributed by atoms with Crippen molar-refractivity contribution >= 4 is 23.3 Å². The number of carbonyl (C=O) groups is 2. The fourth-order valence-corrected chi connectivity index (χ4v) is 2.83. The minimum Gasteiger partial charge on any atom is -0.493 e. The van der Waals surface area contributed by atoms with Crippen molar-refractivity contribution in [2.45, 2.75) is 19.8 Å². The van der Waals surface area contributed by atoms with Crippen molar-refractivity contribution < 1.29 is 33.5 Å². The number of rotatable bonds is 10. The summed E-state index contributed by atoms with van der Waals surface area (Å²) in [5.74, 6) is 0.219. The van der Waals surface area contributed by atoms with Gasteiger partial charge in [-0.2, -0.15) is 0 Å². The molecule has 0 atom stereocenters. The third kappa shape index (κ3) is 6.33. The molecule has 0 saturated carbocycles. The summed E-state index contributed by atoms with van der Waals surface area (Å²) in [5.41, 5.74) is 1.38. The number of amides is 1. The summed E-state index contributed by atoms with van der Waals surface area (Å²) in [6, 6.07) is 7.76. The van der Waals surface area contributed by atoms with E-state index in [0.717, 1.165) is 5.56 Å². The molecule has 10 heteroatoms. The number of nitro benzene ring substituents is 1. The highest BCUT2D eigenvalue weighted by molar-refractivity contribution is 5.93. The number of hydrogen-bond donors (Lipinski definition) is 1. The third-order valence-electron chi connectivity index (χ3n) is 4.40. The summed E-state index contributed by atoms with van der Waals surface area (Å²) in [6.45, 7) is 1.09. The fourth-order valence-electron chi connectivity index (χ4n) is 2.83. The SMILES string of the molecule is COc1cc(CCC(=O)OCC(=O)Nc2ccc(C)c([N+](=O)[O-])c2)cc(OC)c1OC. The van der Waals surface area contributed by atoms with E-state index in [9.17, 15) is 19.7 Å². The molecular formula is C21H24N2O8. The van der Waals surface area contributed by atoms with Crippen molar-refractivity contribution in [1.29, 1.82) is 0 Å². The van der Waals surface area contributed by atoms with Crippen molar-refractivity contribution in [1.82, 2.24) is 0 Å². The van der Waals surface area contributed by atoms with Crippen LogP contribution in [0.3, 0.4) is 0 Å². The maximum atomic E-state index is 12.0. The van der Waals surface area contributed by atoms with Crippen LogP contribution in [0.5, 0.6) is 17.2 Å². The summed E-state index contributed by atoms with van der Waals surface area (Å²) >= 11 is 0. The van der Waals surface area contributed by atoms with Gasteiger partial charge in [0, 0.05) is 23.7 Å². The average molecular weight is 432 g/mol. The summed E-state index contributed by atoms with van der Waals surface area (Å²) in [7, 11) is 4.49. The van der Waals surface area contributed by atoms with Crippen LogP contribution in [-0.4, -0.2) is 44.7 Å². The minimum atomic E-state index is -0.598. The van der Waals surface area contributed by atoms with Gasteiger partial charge in [-0.25, -0.2) is 0 Å². The average Bonchev–Trinajstić information content (AvgIpc) is 2.76. The third-order valence-corrected chi connectivity index (χ3v) is 4.40. The summed E-state index contributed by atoms with van der Waals surface area (Å²) in [5, 5.41) is 13.4. The second-order valence-electron chi connectivity index (χ2n) is 6.50. The van der Waals surface area contributed by atoms with Crippen LogP contribution in [-0.2, 0) is 20.7 Å². The topological polar surface area (TPSA) is 126 Å². The Balaban J connectivity index is 1.89. The fraction of sp³-hybridized carbons (Fsp3) is 0.333. The van der Waals surface area contributed by atoms with E-state index < -0.39 is 23.4 Å². The number of carbonyl (C=O) groups excluding carboxylic acids is 2. The van der Waals surface area contributed by atoms with Gasteiger partial charge in [0.15, 0.2) is 18.1 Å². The first kappa shape index (κ1) is 23.5. The van der Waals surface area contributed by atoms with E-state index in [1.165, 1.54) is 39.5 Å². The number of aryl methyl sites for hydroxylation is 2. The van der Waals surface area contributed by atoms with Crippen molar-refractivity contribution in [2.75, 3.05) is 33.3 Å².